The second-order valence-electron chi connectivity index (χ2n) is 4.42. The first kappa shape index (κ1) is 10.6. The lowest BCUT2D eigenvalue weighted by Gasteiger charge is -2.31. The number of hydrogen-bond donors (Lipinski definition) is 1. The Morgan fingerprint density at radius 2 is 2.19 bits per heavy atom. The minimum Gasteiger partial charge on any atom is -0.323 e. The van der Waals surface area contributed by atoms with Crippen molar-refractivity contribution < 1.29 is 0 Å². The fraction of sp³-hybridized carbons (Fsp3) is 0.727. The number of thioether (sulfide) groups is 1. The van der Waals surface area contributed by atoms with Crippen LogP contribution in [0.3, 0.4) is 0 Å². The van der Waals surface area contributed by atoms with E-state index in [0.717, 1.165) is 32.7 Å². The first-order valence-electron chi connectivity index (χ1n) is 6.04. The minimum atomic E-state index is 1.01. The third-order valence-corrected chi connectivity index (χ3v) is 4.21. The Kier molecular flexibility index (Phi) is 3.17. The number of nitrogens with one attached hydrogen (secondary N) is 1. The topological polar surface area (TPSA) is 30.9 Å². The quantitative estimate of drug-likeness (QED) is 0.761. The lowest BCUT2D eigenvalue weighted by molar-refractivity contribution is 0.245. The first-order chi connectivity index (χ1) is 7.93. The zero-order chi connectivity index (χ0) is 10.8. The van der Waals surface area contributed by atoms with Crippen LogP contribution < -0.4 is 5.32 Å². The zero-order valence-corrected chi connectivity index (χ0v) is 10.3. The predicted molar refractivity (Wildman–Crippen MR) is 68.6 cm³/mol. The standard InChI is InChI=1S/C11H18N4S/c1-2-13-11-15(5-1)10(9-16-11)8-14-6-3-12-4-7-14/h9,12H,1-8H2. The number of rotatable bonds is 2. The average molecular weight is 238 g/mol. The van der Waals surface area contributed by atoms with Crippen molar-refractivity contribution in [1.29, 1.82) is 0 Å². The van der Waals surface area contributed by atoms with Crippen LogP contribution in [0.15, 0.2) is 16.1 Å². The van der Waals surface area contributed by atoms with Crippen molar-refractivity contribution in [1.82, 2.24) is 15.1 Å². The van der Waals surface area contributed by atoms with Crippen LogP contribution >= 0.6 is 11.8 Å². The van der Waals surface area contributed by atoms with E-state index >= 15 is 0 Å². The molecule has 0 amide bonds. The van der Waals surface area contributed by atoms with Gasteiger partial charge in [-0.15, -0.1) is 0 Å². The van der Waals surface area contributed by atoms with Crippen LogP contribution in [0.2, 0.25) is 0 Å². The van der Waals surface area contributed by atoms with Gasteiger partial charge in [0.25, 0.3) is 0 Å². The van der Waals surface area contributed by atoms with E-state index in [1.54, 1.807) is 11.8 Å². The van der Waals surface area contributed by atoms with Crippen LogP contribution in [0, 0.1) is 0 Å². The Balaban J connectivity index is 1.62. The molecule has 88 valence electrons. The fourth-order valence-corrected chi connectivity index (χ4v) is 3.30. The van der Waals surface area contributed by atoms with Gasteiger partial charge in [0.1, 0.15) is 0 Å². The summed E-state index contributed by atoms with van der Waals surface area (Å²) in [5.41, 5.74) is 1.45. The number of amidine groups is 1. The van der Waals surface area contributed by atoms with Gasteiger partial charge >= 0.3 is 0 Å². The Morgan fingerprint density at radius 3 is 3.06 bits per heavy atom. The highest BCUT2D eigenvalue weighted by Gasteiger charge is 2.26. The highest BCUT2D eigenvalue weighted by molar-refractivity contribution is 8.16. The monoisotopic (exact) mass is 238 g/mol. The lowest BCUT2D eigenvalue weighted by atomic mass is 10.3. The molecule has 1 saturated heterocycles. The van der Waals surface area contributed by atoms with Crippen LogP contribution in [-0.4, -0.2) is 60.8 Å². The second kappa shape index (κ2) is 4.77. The Labute approximate surface area is 101 Å². The highest BCUT2D eigenvalue weighted by Crippen LogP contribution is 2.29. The van der Waals surface area contributed by atoms with Crippen LogP contribution in [0.1, 0.15) is 6.42 Å². The van der Waals surface area contributed by atoms with Crippen LogP contribution in [-0.2, 0) is 0 Å². The van der Waals surface area contributed by atoms with Gasteiger partial charge in [-0.1, -0.05) is 11.8 Å². The van der Waals surface area contributed by atoms with Crippen molar-refractivity contribution >= 4 is 16.9 Å². The van der Waals surface area contributed by atoms with Gasteiger partial charge in [0.15, 0.2) is 5.17 Å². The molecule has 3 aliphatic heterocycles. The Hall–Kier alpha value is -0.520. The molecule has 5 heteroatoms. The molecular formula is C11H18N4S. The van der Waals surface area contributed by atoms with Gasteiger partial charge in [-0.3, -0.25) is 9.89 Å². The Bertz CT molecular complexity index is 320. The molecule has 3 aliphatic rings. The molecule has 0 spiro atoms. The molecule has 0 atom stereocenters. The summed E-state index contributed by atoms with van der Waals surface area (Å²) in [6.45, 7) is 7.85. The van der Waals surface area contributed by atoms with Gasteiger partial charge in [-0.25, -0.2) is 0 Å². The summed E-state index contributed by atoms with van der Waals surface area (Å²) in [4.78, 5) is 9.48. The molecule has 0 saturated carbocycles. The van der Waals surface area contributed by atoms with Gasteiger partial charge in [0, 0.05) is 51.5 Å². The summed E-state index contributed by atoms with van der Waals surface area (Å²) in [6, 6.07) is 0. The molecule has 3 rings (SSSR count). The molecule has 1 N–H and O–H groups in total. The summed E-state index contributed by atoms with van der Waals surface area (Å²) < 4.78 is 0. The summed E-state index contributed by atoms with van der Waals surface area (Å²) in [7, 11) is 0. The molecule has 0 radical (unpaired) electrons. The third kappa shape index (κ3) is 2.12. The van der Waals surface area contributed by atoms with E-state index in [9.17, 15) is 0 Å². The minimum absolute atomic E-state index is 1.01. The van der Waals surface area contributed by atoms with Crippen molar-refractivity contribution in [3.8, 4) is 0 Å². The SMILES string of the molecule is C1=C(CN2CCNCC2)N2CCCN=C2S1. The maximum atomic E-state index is 4.56. The number of aliphatic imine (C=N–C) groups is 1. The van der Waals surface area contributed by atoms with Crippen molar-refractivity contribution in [2.45, 2.75) is 6.42 Å². The number of nitrogens with zero attached hydrogens (tertiary/aromatic N) is 3. The van der Waals surface area contributed by atoms with Crippen molar-refractivity contribution in [3.63, 3.8) is 0 Å². The largest absolute Gasteiger partial charge is 0.323 e. The second-order valence-corrected chi connectivity index (χ2v) is 5.26. The third-order valence-electron chi connectivity index (χ3n) is 3.26. The Morgan fingerprint density at radius 1 is 1.31 bits per heavy atom. The van der Waals surface area contributed by atoms with E-state index in [-0.39, 0.29) is 0 Å². The summed E-state index contributed by atoms with van der Waals surface area (Å²) in [5.74, 6) is 0. The van der Waals surface area contributed by atoms with Crippen molar-refractivity contribution in [2.75, 3.05) is 45.8 Å². The van der Waals surface area contributed by atoms with Crippen molar-refractivity contribution in [3.05, 3.63) is 11.1 Å². The summed E-state index contributed by atoms with van der Waals surface area (Å²) >= 11 is 1.79. The molecule has 0 aromatic heterocycles. The van der Waals surface area contributed by atoms with Gasteiger partial charge in [-0.2, -0.15) is 0 Å². The van der Waals surface area contributed by atoms with E-state index in [1.165, 1.54) is 30.4 Å². The summed E-state index contributed by atoms with van der Waals surface area (Å²) in [6.07, 6.45) is 1.20. The van der Waals surface area contributed by atoms with Crippen LogP contribution in [0.25, 0.3) is 0 Å². The van der Waals surface area contributed by atoms with Crippen LogP contribution in [0.5, 0.6) is 0 Å². The van der Waals surface area contributed by atoms with E-state index in [2.05, 4.69) is 25.5 Å². The van der Waals surface area contributed by atoms with Gasteiger partial charge in [0.2, 0.25) is 0 Å². The molecule has 1 fully saturated rings. The maximum Gasteiger partial charge on any atom is 0.167 e. The van der Waals surface area contributed by atoms with E-state index < -0.39 is 0 Å². The number of hydrogen-bond acceptors (Lipinski definition) is 5. The molecule has 3 heterocycles. The van der Waals surface area contributed by atoms with Gasteiger partial charge < -0.3 is 10.2 Å². The molecule has 0 unspecified atom stereocenters. The average Bonchev–Trinajstić information content (AvgIpc) is 2.74. The fourth-order valence-electron chi connectivity index (χ4n) is 2.36. The smallest absolute Gasteiger partial charge is 0.167 e. The van der Waals surface area contributed by atoms with Gasteiger partial charge in [-0.05, 0) is 11.8 Å². The zero-order valence-electron chi connectivity index (χ0n) is 9.48. The predicted octanol–water partition coefficient (Wildman–Crippen LogP) is 0.541. The molecule has 0 aromatic rings. The number of fused-ring (bicyclic) bond motifs is 1. The van der Waals surface area contributed by atoms with E-state index in [4.69, 9.17) is 0 Å². The van der Waals surface area contributed by atoms with Crippen molar-refractivity contribution in [2.24, 2.45) is 4.99 Å². The molecule has 0 aromatic carbocycles. The summed E-state index contributed by atoms with van der Waals surface area (Å²) in [5, 5.41) is 6.90. The molecule has 0 bridgehead atoms. The highest BCUT2D eigenvalue weighted by atomic mass is 32.2. The van der Waals surface area contributed by atoms with Gasteiger partial charge in [0.05, 0.1) is 0 Å². The lowest BCUT2D eigenvalue weighted by Crippen LogP contribution is -2.45. The molecular weight excluding hydrogens is 220 g/mol. The first-order valence-corrected chi connectivity index (χ1v) is 6.92. The maximum absolute atomic E-state index is 4.56. The number of piperazine rings is 1. The molecule has 4 nitrogen and oxygen atoms in total. The van der Waals surface area contributed by atoms with Crippen LogP contribution in [0.4, 0.5) is 0 Å². The van der Waals surface area contributed by atoms with E-state index in [1.807, 2.05) is 0 Å². The normalized spacial score (nSPS) is 26.4. The molecule has 16 heavy (non-hydrogen) atoms. The molecule has 0 aliphatic carbocycles. The van der Waals surface area contributed by atoms with E-state index in [0.29, 0.717) is 0 Å².